The molecule has 2 aliphatic rings. The number of furan rings is 2. The molecule has 0 fully saturated rings. The van der Waals surface area contributed by atoms with Gasteiger partial charge in [-0.1, -0.05) is 35.9 Å². The second kappa shape index (κ2) is 8.64. The van der Waals surface area contributed by atoms with Gasteiger partial charge in [0.05, 0.1) is 29.9 Å². The van der Waals surface area contributed by atoms with E-state index in [1.54, 1.807) is 35.4 Å². The summed E-state index contributed by atoms with van der Waals surface area (Å²) in [7, 11) is 0. The Morgan fingerprint density at radius 2 is 1.69 bits per heavy atom. The zero-order valence-electron chi connectivity index (χ0n) is 18.6. The van der Waals surface area contributed by atoms with E-state index < -0.39 is 6.04 Å². The number of para-hydroxylation sites is 2. The molecule has 1 amide bonds. The lowest BCUT2D eigenvalue weighted by molar-refractivity contribution is -0.116. The summed E-state index contributed by atoms with van der Waals surface area (Å²) in [6, 6.07) is 21.2. The van der Waals surface area contributed by atoms with E-state index in [0.29, 0.717) is 22.7 Å². The number of nitrogens with one attached hydrogen (secondary N) is 1. The Morgan fingerprint density at radius 1 is 0.914 bits per heavy atom. The van der Waals surface area contributed by atoms with Crippen LogP contribution >= 0.6 is 11.6 Å². The Labute approximate surface area is 206 Å². The molecule has 0 spiro atoms. The molecule has 4 aromatic rings. The fourth-order valence-corrected chi connectivity index (χ4v) is 5.14. The van der Waals surface area contributed by atoms with Crippen molar-refractivity contribution in [1.29, 1.82) is 0 Å². The average Bonchev–Trinajstić information content (AvgIpc) is 3.57. The zero-order chi connectivity index (χ0) is 23.9. The number of rotatable bonds is 3. The number of hydrogen-bond donors (Lipinski definition) is 1. The van der Waals surface area contributed by atoms with Crippen LogP contribution in [0.1, 0.15) is 46.7 Å². The van der Waals surface area contributed by atoms with Crippen molar-refractivity contribution in [2.24, 2.45) is 0 Å². The molecule has 2 aromatic heterocycles. The summed E-state index contributed by atoms with van der Waals surface area (Å²) < 4.78 is 11.1. The summed E-state index contributed by atoms with van der Waals surface area (Å²) in [6.45, 7) is 0. The lowest BCUT2D eigenvalue weighted by atomic mass is 9.80. The van der Waals surface area contributed by atoms with E-state index in [9.17, 15) is 9.59 Å². The van der Waals surface area contributed by atoms with E-state index in [-0.39, 0.29) is 29.8 Å². The lowest BCUT2D eigenvalue weighted by Crippen LogP contribution is -2.38. The number of carbonyl (C=O) groups excluding carboxylic acids is 2. The van der Waals surface area contributed by atoms with Crippen molar-refractivity contribution in [2.45, 2.75) is 24.8 Å². The van der Waals surface area contributed by atoms with Gasteiger partial charge in [0.25, 0.3) is 5.91 Å². The second-order valence-electron chi connectivity index (χ2n) is 8.68. The second-order valence-corrected chi connectivity index (χ2v) is 9.12. The number of allylic oxidation sites excluding steroid dienone is 1. The van der Waals surface area contributed by atoms with E-state index in [2.05, 4.69) is 5.32 Å². The molecule has 0 bridgehead atoms. The summed E-state index contributed by atoms with van der Waals surface area (Å²) in [5.74, 6) is 0.508. The number of hydrogen-bond acceptors (Lipinski definition) is 5. The molecule has 35 heavy (non-hydrogen) atoms. The van der Waals surface area contributed by atoms with Gasteiger partial charge in [-0.3, -0.25) is 14.5 Å². The molecule has 0 saturated carbocycles. The largest absolute Gasteiger partial charge is 0.469 e. The predicted octanol–water partition coefficient (Wildman–Crippen LogP) is 6.74. The number of amides is 1. The first-order valence-corrected chi connectivity index (χ1v) is 11.8. The summed E-state index contributed by atoms with van der Waals surface area (Å²) in [5, 5.41) is 4.07. The monoisotopic (exact) mass is 484 g/mol. The third kappa shape index (κ3) is 3.76. The Morgan fingerprint density at radius 3 is 2.43 bits per heavy atom. The molecule has 0 unspecified atom stereocenters. The van der Waals surface area contributed by atoms with Crippen LogP contribution in [0.3, 0.4) is 0 Å². The van der Waals surface area contributed by atoms with Crippen molar-refractivity contribution in [2.75, 3.05) is 10.2 Å². The summed E-state index contributed by atoms with van der Waals surface area (Å²) in [6.07, 6.45) is 3.96. The fourth-order valence-electron chi connectivity index (χ4n) is 5.02. The van der Waals surface area contributed by atoms with E-state index in [1.165, 1.54) is 6.26 Å². The molecule has 2 aromatic carbocycles. The Kier molecular flexibility index (Phi) is 5.30. The Balaban J connectivity index is 1.58. The smallest absolute Gasteiger partial charge is 0.294 e. The van der Waals surface area contributed by atoms with Crippen LogP contribution in [0.5, 0.6) is 0 Å². The van der Waals surface area contributed by atoms with Crippen molar-refractivity contribution in [3.05, 3.63) is 119 Å². The van der Waals surface area contributed by atoms with Crippen LogP contribution in [0.2, 0.25) is 5.02 Å². The third-order valence-electron chi connectivity index (χ3n) is 6.57. The van der Waals surface area contributed by atoms with E-state index in [0.717, 1.165) is 22.7 Å². The Bertz CT molecular complexity index is 1420. The Hall–Kier alpha value is -4.03. The normalized spacial score (nSPS) is 19.6. The minimum Gasteiger partial charge on any atom is -0.469 e. The van der Waals surface area contributed by atoms with E-state index >= 15 is 0 Å². The van der Waals surface area contributed by atoms with Gasteiger partial charge in [-0.2, -0.15) is 0 Å². The first-order chi connectivity index (χ1) is 17.1. The van der Waals surface area contributed by atoms with Gasteiger partial charge >= 0.3 is 0 Å². The summed E-state index contributed by atoms with van der Waals surface area (Å²) in [5.41, 5.74) is 3.52. The van der Waals surface area contributed by atoms with Crippen molar-refractivity contribution < 1.29 is 18.4 Å². The molecule has 1 aliphatic carbocycles. The minimum absolute atomic E-state index is 0.0369. The molecule has 2 atom stereocenters. The van der Waals surface area contributed by atoms with Crippen molar-refractivity contribution in [1.82, 2.24) is 0 Å². The van der Waals surface area contributed by atoms with Crippen LogP contribution in [-0.4, -0.2) is 11.7 Å². The number of ketones is 1. The van der Waals surface area contributed by atoms with Crippen molar-refractivity contribution >= 4 is 34.7 Å². The molecular weight excluding hydrogens is 464 g/mol. The molecule has 1 N–H and O–H groups in total. The molecule has 174 valence electrons. The lowest BCUT2D eigenvalue weighted by Gasteiger charge is -2.34. The molecule has 1 aliphatic heterocycles. The van der Waals surface area contributed by atoms with Crippen LogP contribution in [0.15, 0.2) is 105 Å². The van der Waals surface area contributed by atoms with E-state index in [1.807, 2.05) is 48.5 Å². The average molecular weight is 485 g/mol. The maximum atomic E-state index is 13.9. The highest BCUT2D eigenvalue weighted by molar-refractivity contribution is 6.30. The number of carbonyl (C=O) groups is 2. The third-order valence-corrected chi connectivity index (χ3v) is 6.82. The maximum Gasteiger partial charge on any atom is 0.294 e. The maximum absolute atomic E-state index is 13.9. The van der Waals surface area contributed by atoms with Gasteiger partial charge in [0.15, 0.2) is 11.5 Å². The van der Waals surface area contributed by atoms with Gasteiger partial charge < -0.3 is 14.2 Å². The number of benzene rings is 2. The highest BCUT2D eigenvalue weighted by atomic mass is 35.5. The van der Waals surface area contributed by atoms with Gasteiger partial charge in [0, 0.05) is 28.6 Å². The molecular formula is C28H21ClN2O4. The molecule has 3 heterocycles. The number of fused-ring (bicyclic) bond motifs is 1. The number of Topliss-reactive ketones (excluding diaryl/α,β-unsaturated/α-hetero) is 1. The van der Waals surface area contributed by atoms with Gasteiger partial charge in [-0.25, -0.2) is 0 Å². The fraction of sp³-hybridized carbons (Fsp3) is 0.143. The van der Waals surface area contributed by atoms with Crippen molar-refractivity contribution in [3.63, 3.8) is 0 Å². The first kappa shape index (κ1) is 21.5. The number of halogens is 1. The minimum atomic E-state index is -0.666. The topological polar surface area (TPSA) is 75.7 Å². The van der Waals surface area contributed by atoms with Gasteiger partial charge in [0.2, 0.25) is 0 Å². The van der Waals surface area contributed by atoms with Gasteiger partial charge in [-0.15, -0.1) is 0 Å². The van der Waals surface area contributed by atoms with Crippen LogP contribution < -0.4 is 10.2 Å². The quantitative estimate of drug-likeness (QED) is 0.348. The van der Waals surface area contributed by atoms with Crippen LogP contribution in [0.25, 0.3) is 0 Å². The standard InChI is InChI=1S/C28H21ClN2O4/c29-19-11-9-17(10-12-19)27-26-21(15-18(16-23(26)32)24-7-3-13-34-24)30-20-5-1-2-6-22(20)31(27)28(33)25-8-4-14-35-25/h1-14,18,27,30H,15-16H2/t18-,27+/m1/s1. The molecule has 7 heteroatoms. The molecule has 6 rings (SSSR count). The van der Waals surface area contributed by atoms with Crippen molar-refractivity contribution in [3.8, 4) is 0 Å². The van der Waals surface area contributed by atoms with Crippen LogP contribution in [0, 0.1) is 0 Å². The highest BCUT2D eigenvalue weighted by Crippen LogP contribution is 2.48. The molecule has 0 radical (unpaired) electrons. The molecule has 6 nitrogen and oxygen atoms in total. The molecule has 0 saturated heterocycles. The van der Waals surface area contributed by atoms with Crippen LogP contribution in [-0.2, 0) is 4.79 Å². The summed E-state index contributed by atoms with van der Waals surface area (Å²) in [4.78, 5) is 29.4. The van der Waals surface area contributed by atoms with Gasteiger partial charge in [-0.05, 0) is 60.5 Å². The summed E-state index contributed by atoms with van der Waals surface area (Å²) >= 11 is 6.19. The number of anilines is 2. The zero-order valence-corrected chi connectivity index (χ0v) is 19.4. The SMILES string of the molecule is O=C1C[C@H](c2ccco2)CC2=C1[C@H](c1ccc(Cl)cc1)N(C(=O)c1ccco1)c1ccccc1N2. The number of nitrogens with zero attached hydrogens (tertiary/aromatic N) is 1. The van der Waals surface area contributed by atoms with Crippen LogP contribution in [0.4, 0.5) is 11.4 Å². The highest BCUT2D eigenvalue weighted by Gasteiger charge is 2.42. The first-order valence-electron chi connectivity index (χ1n) is 11.4. The predicted molar refractivity (Wildman–Crippen MR) is 132 cm³/mol. The van der Waals surface area contributed by atoms with Gasteiger partial charge in [0.1, 0.15) is 5.76 Å². The van der Waals surface area contributed by atoms with E-state index in [4.69, 9.17) is 20.4 Å².